The first-order valence-electron chi connectivity index (χ1n) is 4.42. The number of aromatic hydroxyl groups is 1. The van der Waals surface area contributed by atoms with Gasteiger partial charge in [0.15, 0.2) is 0 Å². The van der Waals surface area contributed by atoms with Gasteiger partial charge in [-0.15, -0.1) is 0 Å². The molecule has 0 aromatic heterocycles. The van der Waals surface area contributed by atoms with Crippen molar-refractivity contribution in [2.75, 3.05) is 6.61 Å². The van der Waals surface area contributed by atoms with Crippen molar-refractivity contribution in [3.63, 3.8) is 0 Å². The Morgan fingerprint density at radius 3 is 2.71 bits per heavy atom. The van der Waals surface area contributed by atoms with Crippen molar-refractivity contribution in [2.45, 2.75) is 19.4 Å². The number of aliphatic hydroxyl groups excluding tert-OH is 1. The summed E-state index contributed by atoms with van der Waals surface area (Å²) in [7, 11) is 0. The molecule has 0 saturated heterocycles. The molecule has 0 aliphatic rings. The number of nitrogens with two attached hydrogens (primary N) is 1. The Balaban J connectivity index is 3.04. The molecule has 0 bridgehead atoms. The van der Waals surface area contributed by atoms with Crippen molar-refractivity contribution >= 4 is 15.9 Å². The van der Waals surface area contributed by atoms with Gasteiger partial charge in [0, 0.05) is 18.2 Å². The molecule has 1 aromatic carbocycles. The van der Waals surface area contributed by atoms with Gasteiger partial charge in [0.1, 0.15) is 5.75 Å². The van der Waals surface area contributed by atoms with Gasteiger partial charge in [0.05, 0.1) is 4.47 Å². The monoisotopic (exact) mass is 259 g/mol. The van der Waals surface area contributed by atoms with E-state index >= 15 is 0 Å². The summed E-state index contributed by atoms with van der Waals surface area (Å²) in [5.74, 6) is 0.172. The number of rotatable bonds is 3. The van der Waals surface area contributed by atoms with Gasteiger partial charge in [-0.3, -0.25) is 0 Å². The molecule has 0 aliphatic carbocycles. The van der Waals surface area contributed by atoms with Crippen molar-refractivity contribution in [1.82, 2.24) is 0 Å². The fourth-order valence-corrected chi connectivity index (χ4v) is 1.64. The fraction of sp³-hybridized carbons (Fsp3) is 0.400. The number of benzene rings is 1. The highest BCUT2D eigenvalue weighted by molar-refractivity contribution is 9.10. The zero-order valence-electron chi connectivity index (χ0n) is 8.00. The van der Waals surface area contributed by atoms with Crippen LogP contribution in [0, 0.1) is 6.92 Å². The van der Waals surface area contributed by atoms with Crippen molar-refractivity contribution < 1.29 is 10.2 Å². The van der Waals surface area contributed by atoms with E-state index in [2.05, 4.69) is 15.9 Å². The lowest BCUT2D eigenvalue weighted by Gasteiger charge is -2.14. The lowest BCUT2D eigenvalue weighted by Crippen LogP contribution is -2.12. The smallest absolute Gasteiger partial charge is 0.134 e. The van der Waals surface area contributed by atoms with Crippen LogP contribution in [-0.4, -0.2) is 16.8 Å². The molecule has 78 valence electrons. The molecular weight excluding hydrogens is 246 g/mol. The Bertz CT molecular complexity index is 328. The fourth-order valence-electron chi connectivity index (χ4n) is 1.27. The molecule has 4 N–H and O–H groups in total. The molecule has 4 heteroatoms. The van der Waals surface area contributed by atoms with Crippen molar-refractivity contribution in [2.24, 2.45) is 5.73 Å². The molecule has 1 atom stereocenters. The van der Waals surface area contributed by atoms with E-state index in [0.29, 0.717) is 16.5 Å². The number of phenols is 1. The largest absolute Gasteiger partial charge is 0.506 e. The van der Waals surface area contributed by atoms with Crippen LogP contribution in [0.2, 0.25) is 0 Å². The van der Waals surface area contributed by atoms with Crippen LogP contribution >= 0.6 is 15.9 Å². The number of phenolic OH excluding ortho intramolecular Hbond substituents is 1. The minimum absolute atomic E-state index is 0.0199. The summed E-state index contributed by atoms with van der Waals surface area (Å²) in [6.07, 6.45) is 0.447. The lowest BCUT2D eigenvalue weighted by molar-refractivity contribution is 0.275. The average molecular weight is 260 g/mol. The summed E-state index contributed by atoms with van der Waals surface area (Å²) in [6.45, 7) is 1.91. The van der Waals surface area contributed by atoms with E-state index in [1.54, 1.807) is 6.07 Å². The van der Waals surface area contributed by atoms with E-state index in [-0.39, 0.29) is 18.4 Å². The Kier molecular flexibility index (Phi) is 3.92. The van der Waals surface area contributed by atoms with Crippen LogP contribution in [0.15, 0.2) is 16.6 Å². The average Bonchev–Trinajstić information content (AvgIpc) is 2.15. The third kappa shape index (κ3) is 2.26. The van der Waals surface area contributed by atoms with Crippen LogP contribution in [0.1, 0.15) is 23.6 Å². The summed E-state index contributed by atoms with van der Waals surface area (Å²) in [5.41, 5.74) is 7.41. The van der Waals surface area contributed by atoms with Gasteiger partial charge in [-0.25, -0.2) is 0 Å². The molecule has 0 saturated carbocycles. The van der Waals surface area contributed by atoms with Crippen molar-refractivity contribution in [1.29, 1.82) is 0 Å². The van der Waals surface area contributed by atoms with Gasteiger partial charge in [0.2, 0.25) is 0 Å². The first-order valence-corrected chi connectivity index (χ1v) is 5.21. The highest BCUT2D eigenvalue weighted by Crippen LogP contribution is 2.34. The second kappa shape index (κ2) is 4.77. The summed E-state index contributed by atoms with van der Waals surface area (Å²) in [6, 6.07) is 3.35. The summed E-state index contributed by atoms with van der Waals surface area (Å²) in [5, 5.41) is 18.5. The van der Waals surface area contributed by atoms with Crippen LogP contribution in [0.3, 0.4) is 0 Å². The topological polar surface area (TPSA) is 66.5 Å². The number of halogens is 1. The molecule has 0 radical (unpaired) electrons. The van der Waals surface area contributed by atoms with E-state index in [4.69, 9.17) is 10.8 Å². The molecule has 0 fully saturated rings. The van der Waals surface area contributed by atoms with Crippen LogP contribution in [-0.2, 0) is 0 Å². The number of hydrogen-bond donors (Lipinski definition) is 3. The zero-order valence-corrected chi connectivity index (χ0v) is 9.58. The van der Waals surface area contributed by atoms with Crippen LogP contribution in [0.25, 0.3) is 0 Å². The standard InChI is InChI=1S/C10H14BrNO2/c1-6-2-3-7(8(12)4-5-13)10(14)9(6)11/h2-3,8,13-14H,4-5,12H2,1H3. The van der Waals surface area contributed by atoms with Gasteiger partial charge in [-0.1, -0.05) is 12.1 Å². The van der Waals surface area contributed by atoms with Gasteiger partial charge in [-0.2, -0.15) is 0 Å². The van der Waals surface area contributed by atoms with E-state index < -0.39 is 0 Å². The summed E-state index contributed by atoms with van der Waals surface area (Å²) in [4.78, 5) is 0. The predicted octanol–water partition coefficient (Wildman–Crippen LogP) is 1.85. The van der Waals surface area contributed by atoms with E-state index in [0.717, 1.165) is 5.56 Å². The van der Waals surface area contributed by atoms with Crippen LogP contribution < -0.4 is 5.73 Å². The maximum atomic E-state index is 9.77. The highest BCUT2D eigenvalue weighted by Gasteiger charge is 2.13. The first kappa shape index (κ1) is 11.5. The molecule has 1 aromatic rings. The Morgan fingerprint density at radius 1 is 1.50 bits per heavy atom. The molecule has 0 heterocycles. The van der Waals surface area contributed by atoms with Gasteiger partial charge in [0.25, 0.3) is 0 Å². The molecule has 0 aliphatic heterocycles. The Labute approximate surface area is 91.7 Å². The minimum atomic E-state index is -0.322. The molecule has 3 nitrogen and oxygen atoms in total. The Hall–Kier alpha value is -0.580. The first-order chi connectivity index (χ1) is 6.57. The molecule has 0 spiro atoms. The maximum Gasteiger partial charge on any atom is 0.134 e. The summed E-state index contributed by atoms with van der Waals surface area (Å²) >= 11 is 3.28. The molecule has 1 unspecified atom stereocenters. The SMILES string of the molecule is Cc1ccc(C(N)CCO)c(O)c1Br. The lowest BCUT2D eigenvalue weighted by atomic mass is 10.0. The molecule has 1 rings (SSSR count). The zero-order chi connectivity index (χ0) is 10.7. The second-order valence-electron chi connectivity index (χ2n) is 3.25. The third-order valence-corrected chi connectivity index (χ3v) is 3.18. The quantitative estimate of drug-likeness (QED) is 0.776. The highest BCUT2D eigenvalue weighted by atomic mass is 79.9. The van der Waals surface area contributed by atoms with Gasteiger partial charge in [-0.05, 0) is 34.8 Å². The van der Waals surface area contributed by atoms with Crippen LogP contribution in [0.5, 0.6) is 5.75 Å². The van der Waals surface area contributed by atoms with Gasteiger partial charge >= 0.3 is 0 Å². The molecule has 0 amide bonds. The predicted molar refractivity (Wildman–Crippen MR) is 59.2 cm³/mol. The maximum absolute atomic E-state index is 9.77. The van der Waals surface area contributed by atoms with Crippen molar-refractivity contribution in [3.8, 4) is 5.75 Å². The summed E-state index contributed by atoms with van der Waals surface area (Å²) < 4.78 is 0.670. The minimum Gasteiger partial charge on any atom is -0.506 e. The van der Waals surface area contributed by atoms with Gasteiger partial charge < -0.3 is 15.9 Å². The van der Waals surface area contributed by atoms with Crippen LogP contribution in [0.4, 0.5) is 0 Å². The van der Waals surface area contributed by atoms with Crippen molar-refractivity contribution in [3.05, 3.63) is 27.7 Å². The van der Waals surface area contributed by atoms with E-state index in [1.165, 1.54) is 0 Å². The number of aliphatic hydroxyl groups is 1. The Morgan fingerprint density at radius 2 is 2.14 bits per heavy atom. The molecule has 14 heavy (non-hydrogen) atoms. The second-order valence-corrected chi connectivity index (χ2v) is 4.05. The number of aryl methyl sites for hydroxylation is 1. The van der Waals surface area contributed by atoms with E-state index in [9.17, 15) is 5.11 Å². The number of hydrogen-bond acceptors (Lipinski definition) is 3. The van der Waals surface area contributed by atoms with E-state index in [1.807, 2.05) is 13.0 Å². The third-order valence-electron chi connectivity index (χ3n) is 2.18. The molecular formula is C10H14BrNO2. The normalized spacial score (nSPS) is 12.9.